The molecule has 1 aromatic carbocycles. The Kier molecular flexibility index (Phi) is 6.99. The van der Waals surface area contributed by atoms with Crippen molar-refractivity contribution in [3.05, 3.63) is 57.3 Å². The van der Waals surface area contributed by atoms with Crippen molar-refractivity contribution < 1.29 is 14.0 Å². The van der Waals surface area contributed by atoms with Crippen molar-refractivity contribution in [2.24, 2.45) is 5.73 Å². The number of benzene rings is 1. The second-order valence-electron chi connectivity index (χ2n) is 6.33. The van der Waals surface area contributed by atoms with Gasteiger partial charge in [-0.3, -0.25) is 9.59 Å². The van der Waals surface area contributed by atoms with Crippen LogP contribution in [0.3, 0.4) is 0 Å². The summed E-state index contributed by atoms with van der Waals surface area (Å²) in [7, 11) is 0. The van der Waals surface area contributed by atoms with Crippen LogP contribution in [0.1, 0.15) is 28.8 Å². The molecule has 3 N–H and O–H groups in total. The number of carbonyl (C=O) groups excluding carboxylic acids is 2. The van der Waals surface area contributed by atoms with Crippen molar-refractivity contribution >= 4 is 51.4 Å². The Morgan fingerprint density at radius 3 is 2.86 bits per heavy atom. The molecule has 3 aromatic rings. The summed E-state index contributed by atoms with van der Waals surface area (Å²) < 4.78 is 14.1. The number of aryl methyl sites for hydroxylation is 1. The molecular formula is C19H19FN4O2S3. The van der Waals surface area contributed by atoms with Crippen LogP contribution < -0.4 is 11.1 Å². The lowest BCUT2D eigenvalue weighted by Crippen LogP contribution is -2.22. The summed E-state index contributed by atoms with van der Waals surface area (Å²) in [5.74, 6) is -0.900. The topological polar surface area (TPSA) is 98.0 Å². The average molecular weight is 451 g/mol. The monoisotopic (exact) mass is 450 g/mol. The third-order valence-electron chi connectivity index (χ3n) is 3.94. The smallest absolute Gasteiger partial charge is 0.232 e. The number of thiazole rings is 2. The van der Waals surface area contributed by atoms with Crippen LogP contribution in [0.5, 0.6) is 0 Å². The fourth-order valence-corrected chi connectivity index (χ4v) is 5.38. The van der Waals surface area contributed by atoms with Crippen LogP contribution >= 0.6 is 34.4 Å². The van der Waals surface area contributed by atoms with E-state index in [-0.39, 0.29) is 23.4 Å². The highest BCUT2D eigenvalue weighted by molar-refractivity contribution is 8.02. The molecule has 2 heterocycles. The van der Waals surface area contributed by atoms with Gasteiger partial charge in [0.2, 0.25) is 11.8 Å². The minimum absolute atomic E-state index is 0.111. The van der Waals surface area contributed by atoms with E-state index >= 15 is 0 Å². The first-order valence-electron chi connectivity index (χ1n) is 8.71. The fraction of sp³-hybridized carbons (Fsp3) is 0.263. The Hall–Kier alpha value is -2.30. The molecule has 0 fully saturated rings. The van der Waals surface area contributed by atoms with E-state index in [2.05, 4.69) is 15.3 Å². The number of primary amides is 1. The van der Waals surface area contributed by atoms with E-state index in [0.717, 1.165) is 16.1 Å². The number of amides is 2. The standard InChI is InChI=1S/C19H19FN4O2S3/c1-10-15(7-12-4-3-5-13(20)6-12)29-18(22-10)24-16(25)8-14-9-27-19(23-14)28-11(2)17(21)26/h3-6,9,11H,7-8H2,1-2H3,(H2,21,26)(H,22,24,25). The Labute approximate surface area is 179 Å². The van der Waals surface area contributed by atoms with Crippen molar-refractivity contribution in [2.75, 3.05) is 5.32 Å². The van der Waals surface area contributed by atoms with Crippen LogP contribution in [0.4, 0.5) is 9.52 Å². The third-order valence-corrected chi connectivity index (χ3v) is 7.16. The molecule has 6 nitrogen and oxygen atoms in total. The Morgan fingerprint density at radius 1 is 1.34 bits per heavy atom. The van der Waals surface area contributed by atoms with Crippen LogP contribution in [0, 0.1) is 12.7 Å². The molecule has 0 aliphatic rings. The number of hydrogen-bond acceptors (Lipinski definition) is 7. The summed E-state index contributed by atoms with van der Waals surface area (Å²) in [6.07, 6.45) is 0.668. The number of thioether (sulfide) groups is 1. The molecule has 0 radical (unpaired) electrons. The molecule has 0 aliphatic carbocycles. The summed E-state index contributed by atoms with van der Waals surface area (Å²) in [5, 5.41) is 4.71. The van der Waals surface area contributed by atoms with E-state index in [1.807, 2.05) is 13.0 Å². The molecule has 0 bridgehead atoms. The normalized spacial score (nSPS) is 12.0. The first-order valence-corrected chi connectivity index (χ1v) is 11.3. The Balaban J connectivity index is 1.58. The molecule has 1 atom stereocenters. The molecule has 0 spiro atoms. The van der Waals surface area contributed by atoms with Gasteiger partial charge in [0.1, 0.15) is 5.82 Å². The zero-order valence-corrected chi connectivity index (χ0v) is 18.2. The second-order valence-corrected chi connectivity index (χ2v) is 9.86. The van der Waals surface area contributed by atoms with E-state index < -0.39 is 5.91 Å². The lowest BCUT2D eigenvalue weighted by Gasteiger charge is -2.02. The number of nitrogens with two attached hydrogens (primary N) is 1. The molecule has 2 aromatic heterocycles. The van der Waals surface area contributed by atoms with Crippen molar-refractivity contribution in [1.29, 1.82) is 0 Å². The van der Waals surface area contributed by atoms with Gasteiger partial charge < -0.3 is 11.1 Å². The number of anilines is 1. The highest BCUT2D eigenvalue weighted by Crippen LogP contribution is 2.28. The minimum atomic E-state index is -0.405. The summed E-state index contributed by atoms with van der Waals surface area (Å²) in [4.78, 5) is 33.2. The molecule has 10 heteroatoms. The number of carbonyl (C=O) groups is 2. The molecule has 29 heavy (non-hydrogen) atoms. The maximum absolute atomic E-state index is 13.4. The van der Waals surface area contributed by atoms with E-state index in [4.69, 9.17) is 5.73 Å². The van der Waals surface area contributed by atoms with Crippen molar-refractivity contribution in [3.8, 4) is 0 Å². The highest BCUT2D eigenvalue weighted by atomic mass is 32.2. The predicted octanol–water partition coefficient (Wildman–Crippen LogP) is 3.79. The first kappa shape index (κ1) is 21.4. The minimum Gasteiger partial charge on any atom is -0.369 e. The van der Waals surface area contributed by atoms with Gasteiger partial charge in [-0.2, -0.15) is 0 Å². The van der Waals surface area contributed by atoms with Gasteiger partial charge in [0.05, 0.1) is 23.1 Å². The highest BCUT2D eigenvalue weighted by Gasteiger charge is 2.16. The van der Waals surface area contributed by atoms with Crippen molar-refractivity contribution in [3.63, 3.8) is 0 Å². The zero-order valence-electron chi connectivity index (χ0n) is 15.8. The SMILES string of the molecule is Cc1nc(NC(=O)Cc2csc(SC(C)C(N)=O)n2)sc1Cc1cccc(F)c1. The molecule has 3 rings (SSSR count). The van der Waals surface area contributed by atoms with E-state index in [1.54, 1.807) is 18.4 Å². The van der Waals surface area contributed by atoms with E-state index in [0.29, 0.717) is 21.6 Å². The molecule has 2 amide bonds. The number of hydrogen-bond donors (Lipinski definition) is 2. The third kappa shape index (κ3) is 6.09. The Bertz CT molecular complexity index is 1030. The summed E-state index contributed by atoms with van der Waals surface area (Å²) in [6.45, 7) is 3.58. The summed E-state index contributed by atoms with van der Waals surface area (Å²) in [5.41, 5.74) is 7.54. The van der Waals surface area contributed by atoms with Gasteiger partial charge in [-0.25, -0.2) is 14.4 Å². The average Bonchev–Trinajstić information content (AvgIpc) is 3.21. The number of aromatic nitrogens is 2. The van der Waals surface area contributed by atoms with Crippen molar-refractivity contribution in [1.82, 2.24) is 9.97 Å². The van der Waals surface area contributed by atoms with Gasteiger partial charge in [-0.1, -0.05) is 23.9 Å². The lowest BCUT2D eigenvalue weighted by molar-refractivity contribution is -0.117. The molecule has 152 valence electrons. The van der Waals surface area contributed by atoms with E-state index in [9.17, 15) is 14.0 Å². The molecule has 1 unspecified atom stereocenters. The molecule has 0 saturated carbocycles. The quantitative estimate of drug-likeness (QED) is 0.509. The summed E-state index contributed by atoms with van der Waals surface area (Å²) in [6, 6.07) is 6.44. The van der Waals surface area contributed by atoms with Crippen LogP contribution in [-0.4, -0.2) is 27.0 Å². The van der Waals surface area contributed by atoms with Gasteiger partial charge in [0.25, 0.3) is 0 Å². The molecular weight excluding hydrogens is 431 g/mol. The fourth-order valence-electron chi connectivity index (χ4n) is 2.44. The predicted molar refractivity (Wildman–Crippen MR) is 115 cm³/mol. The number of rotatable bonds is 8. The van der Waals surface area contributed by atoms with Crippen LogP contribution in [-0.2, 0) is 22.4 Å². The molecule has 0 saturated heterocycles. The Morgan fingerprint density at radius 2 is 2.14 bits per heavy atom. The van der Waals surface area contributed by atoms with Gasteiger partial charge in [0.15, 0.2) is 9.47 Å². The first-order chi connectivity index (χ1) is 13.8. The van der Waals surface area contributed by atoms with Gasteiger partial charge in [-0.15, -0.1) is 22.7 Å². The van der Waals surface area contributed by atoms with E-state index in [1.165, 1.54) is 46.6 Å². The van der Waals surface area contributed by atoms with Crippen LogP contribution in [0.15, 0.2) is 34.0 Å². The summed E-state index contributed by atoms with van der Waals surface area (Å²) >= 11 is 4.02. The second kappa shape index (κ2) is 9.47. The van der Waals surface area contributed by atoms with Gasteiger partial charge in [-0.05, 0) is 31.5 Å². The van der Waals surface area contributed by atoms with Crippen LogP contribution in [0.25, 0.3) is 0 Å². The maximum Gasteiger partial charge on any atom is 0.232 e. The van der Waals surface area contributed by atoms with Gasteiger partial charge in [0, 0.05) is 16.7 Å². The number of halogens is 1. The number of nitrogens with one attached hydrogen (secondary N) is 1. The zero-order chi connectivity index (χ0) is 21.0. The van der Waals surface area contributed by atoms with Crippen LogP contribution in [0.2, 0.25) is 0 Å². The molecule has 0 aliphatic heterocycles. The largest absolute Gasteiger partial charge is 0.369 e. The maximum atomic E-state index is 13.4. The van der Waals surface area contributed by atoms with Crippen molar-refractivity contribution in [2.45, 2.75) is 36.3 Å². The number of nitrogens with zero attached hydrogens (tertiary/aromatic N) is 2. The van der Waals surface area contributed by atoms with Gasteiger partial charge >= 0.3 is 0 Å². The lowest BCUT2D eigenvalue weighted by atomic mass is 10.1.